The van der Waals surface area contributed by atoms with Crippen LogP contribution in [0.1, 0.15) is 39.2 Å². The summed E-state index contributed by atoms with van der Waals surface area (Å²) in [5.41, 5.74) is -0.242. The van der Waals surface area contributed by atoms with E-state index in [-0.39, 0.29) is 11.1 Å². The number of nitrogens with one attached hydrogen (secondary N) is 1. The van der Waals surface area contributed by atoms with Crippen molar-refractivity contribution < 1.29 is 0 Å². The second kappa shape index (κ2) is 4.69. The van der Waals surface area contributed by atoms with Crippen LogP contribution in [0.5, 0.6) is 0 Å². The van der Waals surface area contributed by atoms with Crippen LogP contribution in [0.2, 0.25) is 0 Å². The minimum absolute atomic E-state index is 0.0300. The molecule has 0 spiro atoms. The topological polar surface area (TPSA) is 46.9 Å². The van der Waals surface area contributed by atoms with Crippen molar-refractivity contribution >= 4 is 17.4 Å². The van der Waals surface area contributed by atoms with Gasteiger partial charge < -0.3 is 9.88 Å². The minimum Gasteiger partial charge on any atom is -0.361 e. The van der Waals surface area contributed by atoms with Gasteiger partial charge >= 0.3 is 0 Å². The largest absolute Gasteiger partial charge is 0.361 e. The van der Waals surface area contributed by atoms with Gasteiger partial charge in [-0.15, -0.1) is 11.6 Å². The quantitative estimate of drug-likeness (QED) is 0.822. The van der Waals surface area contributed by atoms with Gasteiger partial charge in [0.1, 0.15) is 0 Å². The predicted molar refractivity (Wildman–Crippen MR) is 69.8 cm³/mol. The predicted octanol–water partition coefficient (Wildman–Crippen LogP) is 2.40. The van der Waals surface area contributed by atoms with Gasteiger partial charge in [0.15, 0.2) is 5.82 Å². The maximum atomic E-state index is 12.1. The second-order valence-corrected chi connectivity index (χ2v) is 5.55. The molecule has 0 radical (unpaired) electrons. The SMILES string of the molecule is CC(C)(CCCl)Nc1nccn(C2CC2)c1=O. The van der Waals surface area contributed by atoms with E-state index >= 15 is 0 Å². The Bertz CT molecular complexity index is 451. The minimum atomic E-state index is -0.212. The van der Waals surface area contributed by atoms with Crippen LogP contribution in [-0.4, -0.2) is 21.0 Å². The zero-order valence-corrected chi connectivity index (χ0v) is 11.0. The van der Waals surface area contributed by atoms with Crippen molar-refractivity contribution in [2.24, 2.45) is 0 Å². The van der Waals surface area contributed by atoms with Crippen LogP contribution < -0.4 is 10.9 Å². The summed E-state index contributed by atoms with van der Waals surface area (Å²) in [6.45, 7) is 4.04. The normalized spacial score (nSPS) is 15.9. The van der Waals surface area contributed by atoms with E-state index in [1.807, 2.05) is 13.8 Å². The lowest BCUT2D eigenvalue weighted by atomic mass is 10.0. The number of rotatable bonds is 5. The molecule has 0 unspecified atom stereocenters. The van der Waals surface area contributed by atoms with Crippen LogP contribution in [0.15, 0.2) is 17.2 Å². The zero-order valence-electron chi connectivity index (χ0n) is 10.2. The maximum absolute atomic E-state index is 12.1. The van der Waals surface area contributed by atoms with Crippen molar-refractivity contribution in [3.05, 3.63) is 22.7 Å². The molecule has 0 saturated heterocycles. The van der Waals surface area contributed by atoms with Crippen LogP contribution in [0.3, 0.4) is 0 Å². The number of aromatic nitrogens is 2. The molecule has 1 fully saturated rings. The van der Waals surface area contributed by atoms with Crippen molar-refractivity contribution in [1.82, 2.24) is 9.55 Å². The Morgan fingerprint density at radius 2 is 2.29 bits per heavy atom. The van der Waals surface area contributed by atoms with Crippen molar-refractivity contribution in [3.8, 4) is 0 Å². The number of halogens is 1. The van der Waals surface area contributed by atoms with E-state index in [9.17, 15) is 4.79 Å². The Hall–Kier alpha value is -1.03. The number of nitrogens with zero attached hydrogens (tertiary/aromatic N) is 2. The summed E-state index contributed by atoms with van der Waals surface area (Å²) < 4.78 is 1.77. The molecule has 2 rings (SSSR count). The summed E-state index contributed by atoms with van der Waals surface area (Å²) in [6, 6.07) is 0.377. The van der Waals surface area contributed by atoms with Crippen LogP contribution in [0.4, 0.5) is 5.82 Å². The summed E-state index contributed by atoms with van der Waals surface area (Å²) >= 11 is 5.74. The Labute approximate surface area is 106 Å². The van der Waals surface area contributed by atoms with Crippen LogP contribution in [0, 0.1) is 0 Å². The summed E-state index contributed by atoms with van der Waals surface area (Å²) in [6.07, 6.45) is 6.41. The third kappa shape index (κ3) is 3.00. The fourth-order valence-corrected chi connectivity index (χ4v) is 2.24. The monoisotopic (exact) mass is 255 g/mol. The van der Waals surface area contributed by atoms with Gasteiger partial charge in [0, 0.05) is 29.9 Å². The van der Waals surface area contributed by atoms with Gasteiger partial charge in [0.05, 0.1) is 0 Å². The van der Waals surface area contributed by atoms with Crippen molar-refractivity contribution in [2.45, 2.75) is 44.7 Å². The van der Waals surface area contributed by atoms with Gasteiger partial charge in [0.2, 0.25) is 0 Å². The summed E-state index contributed by atoms with van der Waals surface area (Å²) in [5.74, 6) is 0.985. The Morgan fingerprint density at radius 3 is 2.88 bits per heavy atom. The lowest BCUT2D eigenvalue weighted by Gasteiger charge is -2.25. The summed E-state index contributed by atoms with van der Waals surface area (Å²) in [7, 11) is 0. The average Bonchev–Trinajstić information content (AvgIpc) is 3.04. The van der Waals surface area contributed by atoms with E-state index < -0.39 is 0 Å². The van der Waals surface area contributed by atoms with Gasteiger partial charge in [0.25, 0.3) is 5.56 Å². The molecule has 1 aromatic heterocycles. The van der Waals surface area contributed by atoms with E-state index in [0.717, 1.165) is 19.3 Å². The summed E-state index contributed by atoms with van der Waals surface area (Å²) in [5, 5.41) is 3.18. The van der Waals surface area contributed by atoms with Gasteiger partial charge in [-0.25, -0.2) is 4.98 Å². The molecule has 0 atom stereocenters. The second-order valence-electron chi connectivity index (χ2n) is 5.17. The highest BCUT2D eigenvalue weighted by Gasteiger charge is 2.26. The van der Waals surface area contributed by atoms with Crippen molar-refractivity contribution in [2.75, 3.05) is 11.2 Å². The van der Waals surface area contributed by atoms with E-state index in [4.69, 9.17) is 11.6 Å². The van der Waals surface area contributed by atoms with E-state index in [1.165, 1.54) is 0 Å². The molecular weight excluding hydrogens is 238 g/mol. The highest BCUT2D eigenvalue weighted by atomic mass is 35.5. The molecule has 1 aromatic rings. The molecule has 0 aromatic carbocycles. The average molecular weight is 256 g/mol. The first-order valence-electron chi connectivity index (χ1n) is 5.95. The molecule has 1 heterocycles. The number of hydrogen-bond donors (Lipinski definition) is 1. The third-order valence-corrected chi connectivity index (χ3v) is 3.17. The van der Waals surface area contributed by atoms with Gasteiger partial charge in [-0.2, -0.15) is 0 Å². The van der Waals surface area contributed by atoms with E-state index in [0.29, 0.717) is 17.7 Å². The summed E-state index contributed by atoms with van der Waals surface area (Å²) in [4.78, 5) is 16.3. The molecule has 0 bridgehead atoms. The molecule has 1 aliphatic carbocycles. The lowest BCUT2D eigenvalue weighted by Crippen LogP contribution is -2.36. The maximum Gasteiger partial charge on any atom is 0.293 e. The number of hydrogen-bond acceptors (Lipinski definition) is 3. The molecule has 1 saturated carbocycles. The Balaban J connectivity index is 2.21. The molecule has 4 nitrogen and oxygen atoms in total. The number of alkyl halides is 1. The highest BCUT2D eigenvalue weighted by molar-refractivity contribution is 6.17. The van der Waals surface area contributed by atoms with Crippen molar-refractivity contribution in [1.29, 1.82) is 0 Å². The molecule has 5 heteroatoms. The first kappa shape index (κ1) is 12.4. The fourth-order valence-electron chi connectivity index (χ4n) is 1.77. The van der Waals surface area contributed by atoms with Crippen LogP contribution >= 0.6 is 11.6 Å². The van der Waals surface area contributed by atoms with Gasteiger partial charge in [-0.3, -0.25) is 4.79 Å². The fraction of sp³-hybridized carbons (Fsp3) is 0.667. The van der Waals surface area contributed by atoms with Crippen molar-refractivity contribution in [3.63, 3.8) is 0 Å². The van der Waals surface area contributed by atoms with Crippen LogP contribution in [-0.2, 0) is 0 Å². The lowest BCUT2D eigenvalue weighted by molar-refractivity contribution is 0.544. The van der Waals surface area contributed by atoms with E-state index in [1.54, 1.807) is 17.0 Å². The molecular formula is C12H18ClN3O. The van der Waals surface area contributed by atoms with Gasteiger partial charge in [-0.1, -0.05) is 0 Å². The molecule has 1 N–H and O–H groups in total. The van der Waals surface area contributed by atoms with Crippen LogP contribution in [0.25, 0.3) is 0 Å². The Kier molecular flexibility index (Phi) is 3.43. The molecule has 94 valence electrons. The molecule has 17 heavy (non-hydrogen) atoms. The first-order chi connectivity index (χ1) is 8.03. The third-order valence-electron chi connectivity index (χ3n) is 2.98. The number of anilines is 1. The first-order valence-corrected chi connectivity index (χ1v) is 6.48. The molecule has 1 aliphatic rings. The smallest absolute Gasteiger partial charge is 0.293 e. The zero-order chi connectivity index (χ0) is 12.5. The highest BCUT2D eigenvalue weighted by Crippen LogP contribution is 2.33. The standard InChI is InChI=1S/C12H18ClN3O/c1-12(2,5-6-13)15-10-11(17)16(8-7-14-10)9-3-4-9/h7-9H,3-6H2,1-2H3,(H,14,15). The van der Waals surface area contributed by atoms with E-state index in [2.05, 4.69) is 10.3 Å². The molecule has 0 amide bonds. The van der Waals surface area contributed by atoms with Gasteiger partial charge in [-0.05, 0) is 33.1 Å². The molecule has 0 aliphatic heterocycles. The Morgan fingerprint density at radius 1 is 1.59 bits per heavy atom.